The Morgan fingerprint density at radius 3 is 2.61 bits per heavy atom. The quantitative estimate of drug-likeness (QED) is 0.124. The van der Waals surface area contributed by atoms with Crippen LogP contribution in [0.3, 0.4) is 0 Å². The van der Waals surface area contributed by atoms with Crippen molar-refractivity contribution in [2.75, 3.05) is 13.7 Å². The van der Waals surface area contributed by atoms with Gasteiger partial charge in [-0.15, -0.1) is 0 Å². The lowest BCUT2D eigenvalue weighted by molar-refractivity contribution is -0.139. The number of ether oxygens (including phenoxy) is 4. The molecule has 1 atom stereocenters. The normalized spacial score (nSPS) is 14.6. The minimum Gasteiger partial charge on any atom is -0.493 e. The van der Waals surface area contributed by atoms with Crippen LogP contribution in [0.15, 0.2) is 80.1 Å². The number of hydrogen-bond acceptors (Lipinski definition) is 8. The van der Waals surface area contributed by atoms with Crippen molar-refractivity contribution in [1.82, 2.24) is 4.57 Å². The third kappa shape index (κ3) is 7.22. The molecule has 0 bridgehead atoms. The highest BCUT2D eigenvalue weighted by molar-refractivity contribution is 14.1. The summed E-state index contributed by atoms with van der Waals surface area (Å²) in [5, 5.41) is 0.638. The molecule has 1 aliphatic rings. The summed E-state index contributed by atoms with van der Waals surface area (Å²) in [5.74, 6) is 1.19. The number of carbonyl (C=O) groups is 1. The second-order valence-corrected chi connectivity index (χ2v) is 14.0. The number of hydrogen-bond donors (Lipinski definition) is 0. The molecule has 0 amide bonds. The van der Waals surface area contributed by atoms with Crippen LogP contribution in [0.5, 0.6) is 17.2 Å². The van der Waals surface area contributed by atoms with Gasteiger partial charge in [-0.1, -0.05) is 47.2 Å². The van der Waals surface area contributed by atoms with Gasteiger partial charge in [0.05, 0.1) is 49.7 Å². The number of esters is 1. The van der Waals surface area contributed by atoms with Gasteiger partial charge in [0.25, 0.3) is 5.56 Å². The number of rotatable bonds is 10. The minimum absolute atomic E-state index is 0.0688. The van der Waals surface area contributed by atoms with Crippen LogP contribution in [0.2, 0.25) is 5.02 Å². The molecule has 0 saturated carbocycles. The van der Waals surface area contributed by atoms with Crippen LogP contribution < -0.4 is 29.1 Å². The number of thiazole rings is 1. The Balaban J connectivity index is 1.58. The Bertz CT molecular complexity index is 2000. The van der Waals surface area contributed by atoms with E-state index in [-0.39, 0.29) is 23.8 Å². The summed E-state index contributed by atoms with van der Waals surface area (Å²) in [7, 11) is 1.55. The first-order valence-electron chi connectivity index (χ1n) is 14.4. The summed E-state index contributed by atoms with van der Waals surface area (Å²) in [4.78, 5) is 32.6. The fourth-order valence-electron chi connectivity index (χ4n) is 5.03. The molecule has 240 valence electrons. The molecule has 3 aromatic carbocycles. The number of allylic oxidation sites excluding steroid dienone is 1. The molecular formula is C34H31BrClIN2O6S. The summed E-state index contributed by atoms with van der Waals surface area (Å²) in [6, 6.07) is 16.0. The standard InChI is InChI=1S/C34H31BrClIN2O6S/c1-6-43-33(41)29-19(4)38-34-39(30(29)21-11-12-26(45-18(2)3)27(16-21)42-5)32(40)28(46-34)15-20-13-23(35)31(25(37)14-20)44-17-22-9-7-8-10-24(22)36/h7-16,18,30H,6,17H2,1-5H3/b28-15-/t30-/m0/s1. The van der Waals surface area contributed by atoms with E-state index >= 15 is 0 Å². The molecular weight excluding hydrogens is 807 g/mol. The summed E-state index contributed by atoms with van der Waals surface area (Å²) in [6.07, 6.45) is 1.75. The van der Waals surface area contributed by atoms with Crippen LogP contribution in [-0.4, -0.2) is 30.4 Å². The zero-order chi connectivity index (χ0) is 33.1. The van der Waals surface area contributed by atoms with Gasteiger partial charge in [0.2, 0.25) is 0 Å². The van der Waals surface area contributed by atoms with Gasteiger partial charge in [-0.2, -0.15) is 0 Å². The Kier molecular flexibility index (Phi) is 11.0. The lowest BCUT2D eigenvalue weighted by atomic mass is 9.95. The number of halogens is 3. The number of aromatic nitrogens is 1. The number of nitrogens with zero attached hydrogens (tertiary/aromatic N) is 2. The summed E-state index contributed by atoms with van der Waals surface area (Å²) >= 11 is 13.4. The monoisotopic (exact) mass is 836 g/mol. The highest BCUT2D eigenvalue weighted by atomic mass is 127. The van der Waals surface area contributed by atoms with E-state index in [0.29, 0.717) is 49.5 Å². The first-order valence-corrected chi connectivity index (χ1v) is 17.5. The maximum Gasteiger partial charge on any atom is 0.338 e. The summed E-state index contributed by atoms with van der Waals surface area (Å²) in [6.45, 7) is 7.84. The third-order valence-electron chi connectivity index (χ3n) is 7.03. The molecule has 4 aromatic rings. The molecule has 12 heteroatoms. The van der Waals surface area contributed by atoms with E-state index in [1.807, 2.05) is 62.4 Å². The molecule has 46 heavy (non-hydrogen) atoms. The largest absolute Gasteiger partial charge is 0.493 e. The molecule has 0 spiro atoms. The van der Waals surface area contributed by atoms with Crippen LogP contribution >= 0.6 is 61.5 Å². The lowest BCUT2D eigenvalue weighted by Crippen LogP contribution is -2.40. The predicted molar refractivity (Wildman–Crippen MR) is 192 cm³/mol. The predicted octanol–water partition coefficient (Wildman–Crippen LogP) is 7.19. The Labute approximate surface area is 297 Å². The topological polar surface area (TPSA) is 88.4 Å². The SMILES string of the molecule is CCOC(=O)C1=C(C)N=c2s/c(=C\c3cc(Br)c(OCc4ccccc4Cl)c(I)c3)c(=O)n2[C@H]1c1ccc(OC(C)C)c(OC)c1. The summed E-state index contributed by atoms with van der Waals surface area (Å²) < 4.78 is 26.7. The van der Waals surface area contributed by atoms with E-state index in [4.69, 9.17) is 30.5 Å². The summed E-state index contributed by atoms with van der Waals surface area (Å²) in [5.41, 5.74) is 2.82. The van der Waals surface area contributed by atoms with Crippen molar-refractivity contribution >= 4 is 73.5 Å². The van der Waals surface area contributed by atoms with Gasteiger partial charge >= 0.3 is 5.97 Å². The second-order valence-electron chi connectivity index (χ2n) is 10.6. The number of fused-ring (bicyclic) bond motifs is 1. The van der Waals surface area contributed by atoms with Crippen LogP contribution in [0.4, 0.5) is 0 Å². The first-order chi connectivity index (χ1) is 22.0. The average Bonchev–Trinajstić information content (AvgIpc) is 3.30. The van der Waals surface area contributed by atoms with Crippen molar-refractivity contribution in [3.05, 3.63) is 115 Å². The Morgan fingerprint density at radius 2 is 1.93 bits per heavy atom. The molecule has 5 rings (SSSR count). The molecule has 0 saturated heterocycles. The van der Waals surface area contributed by atoms with Crippen molar-refractivity contribution in [1.29, 1.82) is 0 Å². The fourth-order valence-corrected chi connectivity index (χ4v) is 8.04. The smallest absolute Gasteiger partial charge is 0.338 e. The Hall–Kier alpha value is -3.13. The lowest BCUT2D eigenvalue weighted by Gasteiger charge is -2.25. The van der Waals surface area contributed by atoms with E-state index in [0.717, 1.165) is 19.2 Å². The molecule has 1 aliphatic heterocycles. The maximum atomic E-state index is 14.1. The van der Waals surface area contributed by atoms with Gasteiger partial charge in [-0.3, -0.25) is 9.36 Å². The molecule has 2 heterocycles. The van der Waals surface area contributed by atoms with E-state index in [1.54, 1.807) is 37.7 Å². The van der Waals surface area contributed by atoms with E-state index < -0.39 is 12.0 Å². The maximum absolute atomic E-state index is 14.1. The van der Waals surface area contributed by atoms with Gasteiger partial charge < -0.3 is 18.9 Å². The van der Waals surface area contributed by atoms with E-state index in [1.165, 1.54) is 11.3 Å². The van der Waals surface area contributed by atoms with E-state index in [9.17, 15) is 9.59 Å². The Morgan fingerprint density at radius 1 is 1.17 bits per heavy atom. The number of benzene rings is 3. The average molecular weight is 838 g/mol. The molecule has 0 unspecified atom stereocenters. The molecule has 0 fully saturated rings. The van der Waals surface area contributed by atoms with Crippen LogP contribution in [0.25, 0.3) is 6.08 Å². The van der Waals surface area contributed by atoms with Gasteiger partial charge in [-0.05, 0) is 114 Å². The van der Waals surface area contributed by atoms with Gasteiger partial charge in [0.15, 0.2) is 16.3 Å². The zero-order valence-electron chi connectivity index (χ0n) is 25.7. The van der Waals surface area contributed by atoms with Gasteiger partial charge in [-0.25, -0.2) is 9.79 Å². The van der Waals surface area contributed by atoms with Crippen molar-refractivity contribution < 1.29 is 23.7 Å². The van der Waals surface area contributed by atoms with Gasteiger partial charge in [0.1, 0.15) is 12.4 Å². The van der Waals surface area contributed by atoms with Crippen molar-refractivity contribution in [2.45, 2.75) is 46.4 Å². The highest BCUT2D eigenvalue weighted by Gasteiger charge is 2.34. The van der Waals surface area contributed by atoms with Crippen LogP contribution in [-0.2, 0) is 16.1 Å². The third-order valence-corrected chi connectivity index (χ3v) is 9.77. The van der Waals surface area contributed by atoms with Crippen molar-refractivity contribution in [3.8, 4) is 17.2 Å². The van der Waals surface area contributed by atoms with Crippen molar-refractivity contribution in [2.24, 2.45) is 4.99 Å². The number of methoxy groups -OCH3 is 1. The molecule has 1 aromatic heterocycles. The van der Waals surface area contributed by atoms with Gasteiger partial charge in [0, 0.05) is 10.6 Å². The number of carbonyl (C=O) groups excluding carboxylic acids is 1. The fraction of sp³-hybridized carbons (Fsp3) is 0.265. The van der Waals surface area contributed by atoms with Crippen LogP contribution in [0.1, 0.15) is 50.4 Å². The molecule has 0 aliphatic carbocycles. The molecule has 0 radical (unpaired) electrons. The highest BCUT2D eigenvalue weighted by Crippen LogP contribution is 2.37. The van der Waals surface area contributed by atoms with Crippen molar-refractivity contribution in [3.63, 3.8) is 0 Å². The second kappa shape index (κ2) is 14.7. The van der Waals surface area contributed by atoms with E-state index in [2.05, 4.69) is 43.5 Å². The molecule has 0 N–H and O–H groups in total. The first kappa shape index (κ1) is 34.2. The zero-order valence-corrected chi connectivity index (χ0v) is 31.0. The molecule has 8 nitrogen and oxygen atoms in total. The van der Waals surface area contributed by atoms with Crippen LogP contribution in [0, 0.1) is 3.57 Å². The minimum atomic E-state index is -0.785.